The zero-order valence-electron chi connectivity index (χ0n) is 35.5. The van der Waals surface area contributed by atoms with Crippen LogP contribution < -0.4 is 0 Å². The Kier molecular flexibility index (Phi) is 17.8. The van der Waals surface area contributed by atoms with Crippen molar-refractivity contribution >= 4 is 29.2 Å². The molecular weight excluding hydrogens is 743 g/mol. The SMILES string of the molecule is C/C1=C\[C@@H](C)C(=O)C[C@@H]([C@H](C)C[C@H]2CC[C@H](O)CC2)OC(=O)C2CCCN2C(=O)C(=O)[C@]2(O)O[C@@H](CC[C@H]2C)C[C@H](O)/C(C)=C/C=C/C=C/[C@@H](C)CCC(=O)C[C@@H]1O. The number of ketones is 3. The van der Waals surface area contributed by atoms with Gasteiger partial charge in [-0.2, -0.15) is 0 Å². The predicted octanol–water partition coefficient (Wildman–Crippen LogP) is 5.64. The van der Waals surface area contributed by atoms with Crippen molar-refractivity contribution in [2.24, 2.45) is 29.6 Å². The van der Waals surface area contributed by atoms with Crippen LogP contribution in [0.5, 0.6) is 0 Å². The Morgan fingerprint density at radius 2 is 1.55 bits per heavy atom. The molecule has 58 heavy (non-hydrogen) atoms. The fourth-order valence-electron chi connectivity index (χ4n) is 8.70. The van der Waals surface area contributed by atoms with Crippen LogP contribution in [0.15, 0.2) is 47.6 Å². The minimum atomic E-state index is -2.45. The third-order valence-electron chi connectivity index (χ3n) is 12.9. The Labute approximate surface area is 344 Å². The Hall–Kier alpha value is -3.29. The second-order valence-corrected chi connectivity index (χ2v) is 17.8. The summed E-state index contributed by atoms with van der Waals surface area (Å²) in [5.74, 6) is -6.95. The van der Waals surface area contributed by atoms with Crippen molar-refractivity contribution in [2.75, 3.05) is 6.54 Å². The molecule has 0 radical (unpaired) electrons. The van der Waals surface area contributed by atoms with E-state index >= 15 is 0 Å². The highest BCUT2D eigenvalue weighted by Gasteiger charge is 2.53. The summed E-state index contributed by atoms with van der Waals surface area (Å²) in [5.41, 5.74) is 1.14. The summed E-state index contributed by atoms with van der Waals surface area (Å²) in [4.78, 5) is 69.5. The maximum absolute atomic E-state index is 14.0. The van der Waals surface area contributed by atoms with Crippen LogP contribution in [-0.2, 0) is 33.4 Å². The number of allylic oxidation sites excluding steroid dienone is 6. The number of hydrogen-bond donors (Lipinski definition) is 4. The van der Waals surface area contributed by atoms with E-state index in [1.165, 1.54) is 0 Å². The number of carbonyl (C=O) groups excluding carboxylic acids is 5. The molecule has 12 heteroatoms. The first kappa shape index (κ1) is 47.4. The maximum atomic E-state index is 14.0. The van der Waals surface area contributed by atoms with E-state index in [4.69, 9.17) is 9.47 Å². The van der Waals surface area contributed by atoms with Gasteiger partial charge in [-0.3, -0.25) is 19.2 Å². The molecule has 4 N–H and O–H groups in total. The molecule has 4 rings (SSSR count). The molecule has 0 aromatic heterocycles. The lowest BCUT2D eigenvalue weighted by atomic mass is 9.79. The summed E-state index contributed by atoms with van der Waals surface area (Å²) < 4.78 is 12.1. The summed E-state index contributed by atoms with van der Waals surface area (Å²) in [6.07, 6.45) is 12.9. The number of carbonyl (C=O) groups is 5. The van der Waals surface area contributed by atoms with Crippen LogP contribution in [0.3, 0.4) is 0 Å². The highest BCUT2D eigenvalue weighted by atomic mass is 16.6. The lowest BCUT2D eigenvalue weighted by Crippen LogP contribution is -2.59. The summed E-state index contributed by atoms with van der Waals surface area (Å²) in [5, 5.41) is 43.6. The molecular formula is C46H69NO11. The van der Waals surface area contributed by atoms with Crippen molar-refractivity contribution < 1.29 is 53.9 Å². The predicted molar refractivity (Wildman–Crippen MR) is 219 cm³/mol. The molecule has 0 aromatic rings. The topological polar surface area (TPSA) is 188 Å². The van der Waals surface area contributed by atoms with Crippen molar-refractivity contribution in [1.82, 2.24) is 4.90 Å². The largest absolute Gasteiger partial charge is 0.460 e. The van der Waals surface area contributed by atoms with E-state index in [2.05, 4.69) is 0 Å². The number of aliphatic hydroxyl groups is 4. The standard InChI is InChI=1S/C46H69NO11/c1-28-11-8-7-9-12-29(2)40(51)26-37-21-15-33(6)46(56,58-37)43(53)44(54)47-22-10-13-38(47)45(55)57-42(32(5)24-34-16-19-35(48)20-17-34)27-41(52)31(4)23-30(3)39(50)25-36(49)18-14-28/h7-9,11-12,23,28,31-35,37-40,42,48,50-51,56H,10,13-22,24-27H2,1-6H3/b9-7+,11-8+,29-12+,30-23+/t28-,31-,32-,33-,34-,35-,37+,38?,39+,40+,42+,46-/m1/s1. The number of cyclic esters (lactones) is 1. The summed E-state index contributed by atoms with van der Waals surface area (Å²) in [6.45, 7) is 10.8. The molecule has 3 aliphatic heterocycles. The number of hydrogen-bond acceptors (Lipinski definition) is 11. The monoisotopic (exact) mass is 811 g/mol. The van der Waals surface area contributed by atoms with E-state index in [0.717, 1.165) is 17.7 Å². The summed E-state index contributed by atoms with van der Waals surface area (Å²) in [7, 11) is 0. The van der Waals surface area contributed by atoms with Crippen molar-refractivity contribution in [3.8, 4) is 0 Å². The van der Waals surface area contributed by atoms with Crippen LogP contribution in [0.4, 0.5) is 0 Å². The Bertz CT molecular complexity index is 1570. The first-order valence-electron chi connectivity index (χ1n) is 21.6. The second-order valence-electron chi connectivity index (χ2n) is 17.8. The lowest BCUT2D eigenvalue weighted by molar-refractivity contribution is -0.265. The third kappa shape index (κ3) is 13.1. The molecule has 0 spiro atoms. The number of esters is 1. The van der Waals surface area contributed by atoms with Crippen LogP contribution in [-0.4, -0.2) is 103 Å². The van der Waals surface area contributed by atoms with Gasteiger partial charge in [-0.15, -0.1) is 0 Å². The zero-order valence-corrected chi connectivity index (χ0v) is 35.5. The number of ether oxygens (including phenoxy) is 2. The molecule has 1 saturated carbocycles. The molecule has 3 heterocycles. The molecule has 2 bridgehead atoms. The van der Waals surface area contributed by atoms with Crippen molar-refractivity contribution in [1.29, 1.82) is 0 Å². The van der Waals surface area contributed by atoms with Gasteiger partial charge in [0.05, 0.1) is 24.4 Å². The van der Waals surface area contributed by atoms with Gasteiger partial charge in [-0.25, -0.2) is 4.79 Å². The van der Waals surface area contributed by atoms with Crippen molar-refractivity contribution in [3.05, 3.63) is 47.6 Å². The van der Waals surface area contributed by atoms with E-state index in [-0.39, 0.29) is 74.1 Å². The van der Waals surface area contributed by atoms with Gasteiger partial charge in [0.25, 0.3) is 11.7 Å². The molecule has 1 unspecified atom stereocenters. The fraction of sp³-hybridized carbons (Fsp3) is 0.717. The fourth-order valence-corrected chi connectivity index (χ4v) is 8.70. The van der Waals surface area contributed by atoms with Gasteiger partial charge in [0.2, 0.25) is 5.79 Å². The average Bonchev–Trinajstić information content (AvgIpc) is 3.68. The summed E-state index contributed by atoms with van der Waals surface area (Å²) in [6, 6.07) is -1.10. The molecule has 10 atom stereocenters. The third-order valence-corrected chi connectivity index (χ3v) is 12.9. The van der Waals surface area contributed by atoms with Crippen LogP contribution in [0, 0.1) is 29.6 Å². The molecule has 1 aliphatic carbocycles. The van der Waals surface area contributed by atoms with Crippen LogP contribution in [0.25, 0.3) is 0 Å². The number of rotatable bonds is 3. The molecule has 0 aromatic carbocycles. The van der Waals surface area contributed by atoms with Crippen LogP contribution in [0.1, 0.15) is 131 Å². The minimum absolute atomic E-state index is 0.0688. The number of nitrogens with zero attached hydrogens (tertiary/aromatic N) is 1. The van der Waals surface area contributed by atoms with E-state index in [9.17, 15) is 44.4 Å². The quantitative estimate of drug-likeness (QED) is 0.157. The van der Waals surface area contributed by atoms with Gasteiger partial charge >= 0.3 is 5.97 Å². The Morgan fingerprint density at radius 1 is 0.845 bits per heavy atom. The van der Waals surface area contributed by atoms with Gasteiger partial charge in [0.15, 0.2) is 0 Å². The number of aliphatic hydroxyl groups excluding tert-OH is 3. The number of Topliss-reactive ketones (excluding diaryl/α,β-unsaturated/α-hetero) is 3. The zero-order chi connectivity index (χ0) is 42.7. The number of amides is 1. The van der Waals surface area contributed by atoms with E-state index in [1.54, 1.807) is 45.9 Å². The van der Waals surface area contributed by atoms with Crippen LogP contribution >= 0.6 is 0 Å². The van der Waals surface area contributed by atoms with Gasteiger partial charge < -0.3 is 34.8 Å². The second kappa shape index (κ2) is 21.8. The highest BCUT2D eigenvalue weighted by molar-refractivity contribution is 6.39. The minimum Gasteiger partial charge on any atom is -0.460 e. The maximum Gasteiger partial charge on any atom is 0.329 e. The van der Waals surface area contributed by atoms with E-state index < -0.39 is 65.7 Å². The molecule has 12 nitrogen and oxygen atoms in total. The summed E-state index contributed by atoms with van der Waals surface area (Å²) >= 11 is 0. The first-order chi connectivity index (χ1) is 27.4. The molecule has 2 saturated heterocycles. The first-order valence-corrected chi connectivity index (χ1v) is 21.6. The Morgan fingerprint density at radius 3 is 2.26 bits per heavy atom. The van der Waals surface area contributed by atoms with Gasteiger partial charge in [0.1, 0.15) is 23.7 Å². The normalized spacial score (nSPS) is 39.8. The van der Waals surface area contributed by atoms with Crippen LogP contribution in [0.2, 0.25) is 0 Å². The van der Waals surface area contributed by atoms with Crippen molar-refractivity contribution in [3.63, 3.8) is 0 Å². The van der Waals surface area contributed by atoms with Gasteiger partial charge in [0, 0.05) is 44.1 Å². The lowest BCUT2D eigenvalue weighted by Gasteiger charge is -2.41. The van der Waals surface area contributed by atoms with Crippen molar-refractivity contribution in [2.45, 2.75) is 174 Å². The van der Waals surface area contributed by atoms with E-state index in [0.29, 0.717) is 56.1 Å². The molecule has 324 valence electrons. The molecule has 1 amide bonds. The van der Waals surface area contributed by atoms with Gasteiger partial charge in [-0.05, 0) is 107 Å². The Balaban J connectivity index is 1.61. The smallest absolute Gasteiger partial charge is 0.329 e. The highest BCUT2D eigenvalue weighted by Crippen LogP contribution is 2.37. The van der Waals surface area contributed by atoms with Gasteiger partial charge in [-0.1, -0.05) is 64.2 Å². The average molecular weight is 812 g/mol. The molecule has 3 fully saturated rings. The van der Waals surface area contributed by atoms with E-state index in [1.807, 2.05) is 32.1 Å². The molecule has 4 aliphatic rings. The number of fused-ring (bicyclic) bond motifs is 3.